The van der Waals surface area contributed by atoms with Crippen molar-refractivity contribution >= 4 is 43.9 Å². The summed E-state index contributed by atoms with van der Waals surface area (Å²) in [5.74, 6) is 4.96. The van der Waals surface area contributed by atoms with Crippen LogP contribution >= 0.6 is 0 Å². The monoisotopic (exact) mass is 697 g/mol. The van der Waals surface area contributed by atoms with E-state index < -0.39 is 0 Å². The molecule has 9 aromatic rings. The van der Waals surface area contributed by atoms with Gasteiger partial charge in [0.05, 0.1) is 0 Å². The molecule has 3 aromatic heterocycles. The maximum Gasteiger partial charge on any atom is 0.164 e. The lowest BCUT2D eigenvalue weighted by molar-refractivity contribution is -0.0397. The van der Waals surface area contributed by atoms with Crippen LogP contribution in [-0.4, -0.2) is 15.0 Å². The van der Waals surface area contributed by atoms with E-state index in [1.807, 2.05) is 48.5 Å². The van der Waals surface area contributed by atoms with E-state index in [4.69, 9.17) is 23.8 Å². The number of hydrogen-bond acceptors (Lipinski definition) is 5. The first-order chi connectivity index (χ1) is 26.7. The zero-order valence-corrected chi connectivity index (χ0v) is 29.6. The zero-order chi connectivity index (χ0) is 35.1. The van der Waals surface area contributed by atoms with Gasteiger partial charge in [0.25, 0.3) is 0 Å². The first kappa shape index (κ1) is 29.4. The van der Waals surface area contributed by atoms with Gasteiger partial charge in [-0.1, -0.05) is 103 Å². The topological polar surface area (TPSA) is 65.0 Å². The van der Waals surface area contributed by atoms with Crippen molar-refractivity contribution < 1.29 is 8.83 Å². The molecule has 0 atom stereocenters. The van der Waals surface area contributed by atoms with Crippen LogP contribution in [-0.2, 0) is 5.41 Å². The molecule has 14 rings (SSSR count). The minimum atomic E-state index is -0.0373. The van der Waals surface area contributed by atoms with Crippen LogP contribution in [0.1, 0.15) is 43.2 Å². The molecule has 0 saturated heterocycles. The third-order valence-corrected chi connectivity index (χ3v) is 13.7. The average molecular weight is 698 g/mol. The van der Waals surface area contributed by atoms with E-state index in [0.29, 0.717) is 23.5 Å². The summed E-state index contributed by atoms with van der Waals surface area (Å²) in [5.41, 5.74) is 12.0. The number of nitrogens with zero attached hydrogens (tertiary/aromatic N) is 3. The van der Waals surface area contributed by atoms with Gasteiger partial charge >= 0.3 is 0 Å². The first-order valence-electron chi connectivity index (χ1n) is 19.5. The van der Waals surface area contributed by atoms with Gasteiger partial charge in [-0.05, 0) is 102 Å². The molecule has 0 unspecified atom stereocenters. The SMILES string of the molecule is c1ccc2c(c1)-c1cccc(-c3nc(-c4cccc5oc6ccccc6c45)nc(-c4cccc5oc6ccccc6c45)n3)c1C21C2CC3CC(C2)CC1C3. The van der Waals surface area contributed by atoms with Gasteiger partial charge in [-0.3, -0.25) is 0 Å². The van der Waals surface area contributed by atoms with Crippen molar-refractivity contribution in [2.75, 3.05) is 0 Å². The summed E-state index contributed by atoms with van der Waals surface area (Å²) in [6.45, 7) is 0. The maximum atomic E-state index is 6.38. The van der Waals surface area contributed by atoms with Gasteiger partial charge in [-0.2, -0.15) is 0 Å². The smallest absolute Gasteiger partial charge is 0.164 e. The van der Waals surface area contributed by atoms with Gasteiger partial charge < -0.3 is 8.83 Å². The number of rotatable bonds is 3. The minimum absolute atomic E-state index is 0.0373. The quantitative estimate of drug-likeness (QED) is 0.184. The summed E-state index contributed by atoms with van der Waals surface area (Å²) in [6, 6.07) is 45.1. The number of aromatic nitrogens is 3. The molecule has 4 fully saturated rings. The molecule has 4 saturated carbocycles. The van der Waals surface area contributed by atoms with Crippen LogP contribution in [0, 0.1) is 23.7 Å². The molecule has 5 heteroatoms. The molecule has 258 valence electrons. The van der Waals surface area contributed by atoms with Crippen molar-refractivity contribution in [2.45, 2.75) is 37.5 Å². The van der Waals surface area contributed by atoms with Crippen molar-refractivity contribution in [1.82, 2.24) is 15.0 Å². The number of para-hydroxylation sites is 2. The van der Waals surface area contributed by atoms with E-state index in [1.165, 1.54) is 54.4 Å². The molecule has 0 N–H and O–H groups in total. The molecule has 54 heavy (non-hydrogen) atoms. The highest BCUT2D eigenvalue weighted by molar-refractivity contribution is 6.13. The minimum Gasteiger partial charge on any atom is -0.456 e. The van der Waals surface area contributed by atoms with Crippen LogP contribution in [0.3, 0.4) is 0 Å². The van der Waals surface area contributed by atoms with E-state index in [0.717, 1.165) is 78.2 Å². The highest BCUT2D eigenvalue weighted by Gasteiger charge is 2.62. The molecule has 5 nitrogen and oxygen atoms in total. The second kappa shape index (κ2) is 10.5. The second-order valence-electron chi connectivity index (χ2n) is 16.3. The molecule has 0 radical (unpaired) electrons. The van der Waals surface area contributed by atoms with Crippen LogP contribution < -0.4 is 0 Å². The van der Waals surface area contributed by atoms with Crippen molar-refractivity contribution in [1.29, 1.82) is 0 Å². The lowest BCUT2D eigenvalue weighted by Crippen LogP contribution is -2.55. The Balaban J connectivity index is 1.12. The van der Waals surface area contributed by atoms with Crippen molar-refractivity contribution in [2.24, 2.45) is 23.7 Å². The normalized spacial score (nSPS) is 23.6. The maximum absolute atomic E-state index is 6.38. The molecule has 6 aromatic carbocycles. The second-order valence-corrected chi connectivity index (χ2v) is 16.3. The fourth-order valence-corrected chi connectivity index (χ4v) is 12.1. The molecular formula is C49H35N3O2. The largest absolute Gasteiger partial charge is 0.456 e. The Kier molecular flexibility index (Phi) is 5.74. The van der Waals surface area contributed by atoms with E-state index >= 15 is 0 Å². The summed E-state index contributed by atoms with van der Waals surface area (Å²) in [7, 11) is 0. The Labute approximate surface area is 311 Å². The predicted molar refractivity (Wildman–Crippen MR) is 214 cm³/mol. The van der Waals surface area contributed by atoms with E-state index in [2.05, 4.69) is 78.9 Å². The fourth-order valence-electron chi connectivity index (χ4n) is 12.1. The summed E-state index contributed by atoms with van der Waals surface area (Å²) < 4.78 is 12.8. The van der Waals surface area contributed by atoms with Gasteiger partial charge in [0.2, 0.25) is 0 Å². The Hall–Kier alpha value is -6.07. The molecule has 0 amide bonds. The highest BCUT2D eigenvalue weighted by atomic mass is 16.3. The van der Waals surface area contributed by atoms with Gasteiger partial charge in [-0.15, -0.1) is 0 Å². The van der Waals surface area contributed by atoms with Crippen LogP contribution in [0.25, 0.3) is 89.2 Å². The molecule has 3 heterocycles. The predicted octanol–water partition coefficient (Wildman–Crippen LogP) is 12.4. The van der Waals surface area contributed by atoms with Crippen LogP contribution in [0.5, 0.6) is 0 Å². The Morgan fingerprint density at radius 3 is 1.46 bits per heavy atom. The van der Waals surface area contributed by atoms with E-state index in [9.17, 15) is 0 Å². The molecule has 5 aliphatic carbocycles. The summed E-state index contributed by atoms with van der Waals surface area (Å²) in [6.07, 6.45) is 6.67. The molecule has 1 spiro atoms. The van der Waals surface area contributed by atoms with E-state index in [1.54, 1.807) is 0 Å². The third-order valence-electron chi connectivity index (χ3n) is 13.7. The standard InChI is InChI=1S/C49H35N3O2/c1-4-17-38-31(10-1)32-13-7-16-37(45(32)49(38)29-23-27-22-28(25-29)26-30(49)24-27)48-51-46(35-14-8-20-41-43(35)33-11-2-5-18-39(33)53-41)50-47(52-48)36-15-9-21-42-44(36)34-12-3-6-19-40(34)54-42/h1-21,27-30H,22-26H2. The molecule has 0 aliphatic heterocycles. The Morgan fingerprint density at radius 1 is 0.407 bits per heavy atom. The van der Waals surface area contributed by atoms with Crippen molar-refractivity contribution in [3.8, 4) is 45.3 Å². The number of benzene rings is 6. The first-order valence-corrected chi connectivity index (χ1v) is 19.5. The number of furan rings is 2. The van der Waals surface area contributed by atoms with Gasteiger partial charge in [0.15, 0.2) is 17.5 Å². The third kappa shape index (κ3) is 3.76. The van der Waals surface area contributed by atoms with Crippen LogP contribution in [0.15, 0.2) is 136 Å². The number of hydrogen-bond donors (Lipinski definition) is 0. The van der Waals surface area contributed by atoms with Gasteiger partial charge in [0.1, 0.15) is 22.3 Å². The average Bonchev–Trinajstić information content (AvgIpc) is 3.88. The van der Waals surface area contributed by atoms with Gasteiger partial charge in [-0.25, -0.2) is 15.0 Å². The number of fused-ring (bicyclic) bond motifs is 9. The molecule has 5 aliphatic rings. The molecule has 4 bridgehead atoms. The zero-order valence-electron chi connectivity index (χ0n) is 29.6. The van der Waals surface area contributed by atoms with Crippen molar-refractivity contribution in [3.63, 3.8) is 0 Å². The Bertz CT molecular complexity index is 2880. The van der Waals surface area contributed by atoms with Gasteiger partial charge in [0, 0.05) is 43.7 Å². The summed E-state index contributed by atoms with van der Waals surface area (Å²) >= 11 is 0. The van der Waals surface area contributed by atoms with Crippen molar-refractivity contribution in [3.05, 3.63) is 139 Å². The Morgan fingerprint density at radius 2 is 0.852 bits per heavy atom. The van der Waals surface area contributed by atoms with Crippen LogP contribution in [0.4, 0.5) is 0 Å². The molecular weight excluding hydrogens is 663 g/mol. The lowest BCUT2D eigenvalue weighted by atomic mass is 9.43. The fraction of sp³-hybridized carbons (Fsp3) is 0.204. The summed E-state index contributed by atoms with van der Waals surface area (Å²) in [4.78, 5) is 16.4. The summed E-state index contributed by atoms with van der Waals surface area (Å²) in [5, 5.41) is 4.15. The van der Waals surface area contributed by atoms with E-state index in [-0.39, 0.29) is 5.41 Å². The van der Waals surface area contributed by atoms with Crippen LogP contribution in [0.2, 0.25) is 0 Å². The lowest BCUT2D eigenvalue weighted by Gasteiger charge is -2.61. The highest BCUT2D eigenvalue weighted by Crippen LogP contribution is 2.70.